The third-order valence-corrected chi connectivity index (χ3v) is 3.70. The van der Waals surface area contributed by atoms with Crippen LogP contribution in [0.3, 0.4) is 0 Å². The van der Waals surface area contributed by atoms with Crippen molar-refractivity contribution in [3.63, 3.8) is 0 Å². The molecule has 0 radical (unpaired) electrons. The lowest BCUT2D eigenvalue weighted by molar-refractivity contribution is -0.165. The third-order valence-electron chi connectivity index (χ3n) is 3.70. The van der Waals surface area contributed by atoms with Crippen molar-refractivity contribution in [1.29, 1.82) is 0 Å². The van der Waals surface area contributed by atoms with Gasteiger partial charge in [-0.25, -0.2) is 4.79 Å². The first-order chi connectivity index (χ1) is 11.6. The number of ether oxygens (including phenoxy) is 1. The first-order valence-corrected chi connectivity index (χ1v) is 8.02. The van der Waals surface area contributed by atoms with Crippen molar-refractivity contribution in [2.24, 2.45) is 5.73 Å². The first kappa shape index (κ1) is 18.7. The quantitative estimate of drug-likeness (QED) is 0.814. The number of nitrogens with two attached hydrogens (primary N) is 1. The maximum Gasteiger partial charge on any atom is 0.331 e. The maximum atomic E-state index is 12.6. The zero-order valence-electron chi connectivity index (χ0n) is 14.7. The minimum absolute atomic E-state index is 0.406. The molecule has 0 aliphatic carbocycles. The Hall–Kier alpha value is -2.66. The van der Waals surface area contributed by atoms with Gasteiger partial charge in [0.2, 0.25) is 0 Å². The van der Waals surface area contributed by atoms with E-state index in [0.717, 1.165) is 11.1 Å². The lowest BCUT2D eigenvalue weighted by Crippen LogP contribution is -2.49. The smallest absolute Gasteiger partial charge is 0.331 e. The van der Waals surface area contributed by atoms with E-state index in [4.69, 9.17) is 10.5 Å². The molecule has 0 spiro atoms. The van der Waals surface area contributed by atoms with Gasteiger partial charge in [0, 0.05) is 0 Å². The first-order valence-electron chi connectivity index (χ1n) is 8.02. The van der Waals surface area contributed by atoms with Crippen LogP contribution >= 0.6 is 0 Å². The van der Waals surface area contributed by atoms with Gasteiger partial charge in [0.25, 0.3) is 0 Å². The average Bonchev–Trinajstić information content (AvgIpc) is 2.53. The van der Waals surface area contributed by atoms with Crippen LogP contribution in [-0.2, 0) is 19.9 Å². The van der Waals surface area contributed by atoms with E-state index < -0.39 is 29.5 Å². The molecule has 0 saturated carbocycles. The molecule has 2 aromatic rings. The predicted octanol–water partition coefficient (Wildman–Crippen LogP) is 3.32. The van der Waals surface area contributed by atoms with E-state index in [2.05, 4.69) is 0 Å². The summed E-state index contributed by atoms with van der Waals surface area (Å²) < 4.78 is 5.35. The number of esters is 1. The van der Waals surface area contributed by atoms with Gasteiger partial charge in [0.05, 0.1) is 6.42 Å². The van der Waals surface area contributed by atoms with Crippen LogP contribution in [0.5, 0.6) is 0 Å². The highest BCUT2D eigenvalue weighted by Gasteiger charge is 2.41. The Morgan fingerprint density at radius 1 is 0.960 bits per heavy atom. The van der Waals surface area contributed by atoms with E-state index in [1.807, 2.05) is 42.5 Å². The number of hydrogen-bond donors (Lipinski definition) is 2. The summed E-state index contributed by atoms with van der Waals surface area (Å²) in [6.45, 7) is 5.14. The second-order valence-electron chi connectivity index (χ2n) is 6.99. The Labute approximate surface area is 147 Å². The van der Waals surface area contributed by atoms with Crippen LogP contribution in [0.15, 0.2) is 54.6 Å². The summed E-state index contributed by atoms with van der Waals surface area (Å²) in [5.74, 6) is -1.92. The summed E-state index contributed by atoms with van der Waals surface area (Å²) in [6.07, 6.45) is -0.549. The van der Waals surface area contributed by atoms with Gasteiger partial charge in [0.15, 0.2) is 5.54 Å². The molecule has 0 aromatic heterocycles. The Bertz CT molecular complexity index is 748. The monoisotopic (exact) mass is 341 g/mol. The lowest BCUT2D eigenvalue weighted by Gasteiger charge is -2.30. The number of aliphatic carboxylic acids is 1. The van der Waals surface area contributed by atoms with Crippen LogP contribution in [0, 0.1) is 0 Å². The third kappa shape index (κ3) is 4.67. The molecule has 5 heteroatoms. The molecule has 0 fully saturated rings. The average molecular weight is 341 g/mol. The van der Waals surface area contributed by atoms with E-state index in [1.54, 1.807) is 32.9 Å². The van der Waals surface area contributed by atoms with Crippen molar-refractivity contribution in [2.45, 2.75) is 38.3 Å². The normalized spacial score (nSPS) is 13.8. The molecule has 132 valence electrons. The van der Waals surface area contributed by atoms with Crippen LogP contribution in [0.2, 0.25) is 0 Å². The molecule has 1 atom stereocenters. The standard InChI is InChI=1S/C20H23NO4/c1-19(2,3)25-18(24)20(21,13-17(22)23)16-11-9-15(10-12-16)14-7-5-4-6-8-14/h4-12H,13,21H2,1-3H3,(H,22,23). The molecule has 2 rings (SSSR count). The molecule has 0 bridgehead atoms. The van der Waals surface area contributed by atoms with E-state index in [-0.39, 0.29) is 0 Å². The van der Waals surface area contributed by atoms with Crippen molar-refractivity contribution in [3.8, 4) is 11.1 Å². The SMILES string of the molecule is CC(C)(C)OC(=O)C(N)(CC(=O)O)c1ccc(-c2ccccc2)cc1. The Morgan fingerprint density at radius 2 is 1.48 bits per heavy atom. The van der Waals surface area contributed by atoms with Gasteiger partial charge in [-0.1, -0.05) is 54.6 Å². The second kappa shape index (κ2) is 7.07. The van der Waals surface area contributed by atoms with Gasteiger partial charge in [0.1, 0.15) is 5.60 Å². The van der Waals surface area contributed by atoms with Gasteiger partial charge in [-0.2, -0.15) is 0 Å². The molecular weight excluding hydrogens is 318 g/mol. The van der Waals surface area contributed by atoms with Crippen LogP contribution in [0.4, 0.5) is 0 Å². The Kier molecular flexibility index (Phi) is 5.28. The maximum absolute atomic E-state index is 12.6. The number of hydrogen-bond acceptors (Lipinski definition) is 4. The molecule has 25 heavy (non-hydrogen) atoms. The van der Waals surface area contributed by atoms with Crippen molar-refractivity contribution in [2.75, 3.05) is 0 Å². The highest BCUT2D eigenvalue weighted by atomic mass is 16.6. The Balaban J connectivity index is 2.38. The summed E-state index contributed by atoms with van der Waals surface area (Å²) in [4.78, 5) is 23.8. The summed E-state index contributed by atoms with van der Waals surface area (Å²) in [5.41, 5.74) is 6.08. The predicted molar refractivity (Wildman–Crippen MR) is 95.8 cm³/mol. The van der Waals surface area contributed by atoms with Gasteiger partial charge >= 0.3 is 11.9 Å². The number of carboxylic acid groups (broad SMARTS) is 1. The summed E-state index contributed by atoms with van der Waals surface area (Å²) in [7, 11) is 0. The largest absolute Gasteiger partial charge is 0.481 e. The highest BCUT2D eigenvalue weighted by molar-refractivity contribution is 5.88. The topological polar surface area (TPSA) is 89.6 Å². The molecule has 0 saturated heterocycles. The molecule has 0 aliphatic heterocycles. The van der Waals surface area contributed by atoms with Crippen molar-refractivity contribution >= 4 is 11.9 Å². The molecule has 2 aromatic carbocycles. The minimum atomic E-state index is -1.74. The highest BCUT2D eigenvalue weighted by Crippen LogP contribution is 2.29. The molecule has 1 unspecified atom stereocenters. The van der Waals surface area contributed by atoms with Crippen molar-refractivity contribution < 1.29 is 19.4 Å². The van der Waals surface area contributed by atoms with E-state index >= 15 is 0 Å². The molecular formula is C20H23NO4. The number of carbonyl (C=O) groups is 2. The Morgan fingerprint density at radius 3 is 1.96 bits per heavy atom. The van der Waals surface area contributed by atoms with E-state index in [9.17, 15) is 14.7 Å². The summed E-state index contributed by atoms with van der Waals surface area (Å²) in [6, 6.07) is 16.7. The van der Waals surface area contributed by atoms with E-state index in [1.165, 1.54) is 0 Å². The summed E-state index contributed by atoms with van der Waals surface area (Å²) >= 11 is 0. The van der Waals surface area contributed by atoms with Crippen LogP contribution in [-0.4, -0.2) is 22.6 Å². The number of carbonyl (C=O) groups excluding carboxylic acids is 1. The van der Waals surface area contributed by atoms with E-state index in [0.29, 0.717) is 5.56 Å². The molecule has 3 N–H and O–H groups in total. The van der Waals surface area contributed by atoms with Gasteiger partial charge in [-0.3, -0.25) is 4.79 Å². The van der Waals surface area contributed by atoms with Crippen molar-refractivity contribution in [1.82, 2.24) is 0 Å². The molecule has 0 amide bonds. The van der Waals surface area contributed by atoms with Crippen molar-refractivity contribution in [3.05, 3.63) is 60.2 Å². The number of carboxylic acids is 1. The zero-order chi connectivity index (χ0) is 18.7. The van der Waals surface area contributed by atoms with Gasteiger partial charge in [-0.15, -0.1) is 0 Å². The second-order valence-corrected chi connectivity index (χ2v) is 6.99. The van der Waals surface area contributed by atoms with Gasteiger partial charge in [-0.05, 0) is 37.5 Å². The molecule has 5 nitrogen and oxygen atoms in total. The number of benzene rings is 2. The lowest BCUT2D eigenvalue weighted by atomic mass is 9.86. The fourth-order valence-electron chi connectivity index (χ4n) is 2.49. The fourth-order valence-corrected chi connectivity index (χ4v) is 2.49. The van der Waals surface area contributed by atoms with Crippen LogP contribution < -0.4 is 5.73 Å². The minimum Gasteiger partial charge on any atom is -0.481 e. The molecule has 0 heterocycles. The van der Waals surface area contributed by atoms with Gasteiger partial charge < -0.3 is 15.6 Å². The zero-order valence-corrected chi connectivity index (χ0v) is 14.7. The number of rotatable bonds is 5. The molecule has 0 aliphatic rings. The summed E-state index contributed by atoms with van der Waals surface area (Å²) in [5, 5.41) is 9.20. The fraction of sp³-hybridized carbons (Fsp3) is 0.300. The van der Waals surface area contributed by atoms with Crippen LogP contribution in [0.1, 0.15) is 32.8 Å². The van der Waals surface area contributed by atoms with Crippen LogP contribution in [0.25, 0.3) is 11.1 Å².